The molecule has 0 unspecified atom stereocenters. The first-order valence-corrected chi connectivity index (χ1v) is 7.26. The first-order chi connectivity index (χ1) is 8.92. The second-order valence-corrected chi connectivity index (χ2v) is 4.89. The summed E-state index contributed by atoms with van der Waals surface area (Å²) in [7, 11) is 0. The van der Waals surface area contributed by atoms with Crippen molar-refractivity contribution < 1.29 is 9.47 Å². The number of hydrogen-bond acceptors (Lipinski definition) is 4. The Morgan fingerprint density at radius 2 is 1.61 bits per heavy atom. The van der Waals surface area contributed by atoms with Gasteiger partial charge in [-0.25, -0.2) is 0 Å². The van der Waals surface area contributed by atoms with Crippen molar-refractivity contribution in [3.05, 3.63) is 0 Å². The average molecular weight is 252 g/mol. The van der Waals surface area contributed by atoms with E-state index in [1.807, 2.05) is 0 Å². The van der Waals surface area contributed by atoms with Gasteiger partial charge in [0.1, 0.15) is 5.92 Å². The molecule has 102 valence electrons. The van der Waals surface area contributed by atoms with Gasteiger partial charge >= 0.3 is 0 Å². The van der Waals surface area contributed by atoms with Crippen molar-refractivity contribution in [1.82, 2.24) is 0 Å². The summed E-state index contributed by atoms with van der Waals surface area (Å²) < 4.78 is 11.4. The third kappa shape index (κ3) is 3.72. The van der Waals surface area contributed by atoms with Gasteiger partial charge in [-0.2, -0.15) is 0 Å². The molecule has 2 rings (SSSR count). The van der Waals surface area contributed by atoms with Crippen LogP contribution in [0.3, 0.4) is 0 Å². The van der Waals surface area contributed by atoms with Crippen LogP contribution in [0, 0.1) is 5.92 Å². The zero-order valence-electron chi connectivity index (χ0n) is 11.4. The molecule has 0 radical (unpaired) electrons. The van der Waals surface area contributed by atoms with E-state index in [9.17, 15) is 0 Å². The van der Waals surface area contributed by atoms with E-state index in [1.54, 1.807) is 0 Å². The fourth-order valence-electron chi connectivity index (χ4n) is 2.32. The normalized spacial score (nSPS) is 19.9. The quantitative estimate of drug-likeness (QED) is 0.682. The van der Waals surface area contributed by atoms with Crippen LogP contribution < -0.4 is 0 Å². The topological polar surface area (TPSA) is 43.2 Å². The summed E-state index contributed by atoms with van der Waals surface area (Å²) in [5.41, 5.74) is 0. The molecule has 2 aliphatic rings. The van der Waals surface area contributed by atoms with Gasteiger partial charge in [-0.15, -0.1) is 0 Å². The van der Waals surface area contributed by atoms with Crippen LogP contribution in [-0.2, 0) is 9.47 Å². The molecular formula is C14H24N2O2. The largest absolute Gasteiger partial charge is 0.480 e. The fourth-order valence-corrected chi connectivity index (χ4v) is 2.32. The lowest BCUT2D eigenvalue weighted by molar-refractivity contribution is 0.237. The number of ether oxygens (including phenoxy) is 2. The molecule has 0 aromatic carbocycles. The third-order valence-corrected chi connectivity index (χ3v) is 3.33. The molecule has 4 heteroatoms. The van der Waals surface area contributed by atoms with Crippen molar-refractivity contribution in [2.24, 2.45) is 15.9 Å². The Balaban J connectivity index is 2.01. The van der Waals surface area contributed by atoms with Crippen LogP contribution in [0.2, 0.25) is 0 Å². The maximum atomic E-state index is 5.71. The van der Waals surface area contributed by atoms with E-state index >= 15 is 0 Å². The molecule has 0 fully saturated rings. The minimum atomic E-state index is 0.164. The number of hydrogen-bond donors (Lipinski definition) is 0. The van der Waals surface area contributed by atoms with Crippen molar-refractivity contribution in [2.75, 3.05) is 26.3 Å². The summed E-state index contributed by atoms with van der Waals surface area (Å²) in [6.07, 6.45) is 6.76. The Morgan fingerprint density at radius 3 is 2.06 bits per heavy atom. The Morgan fingerprint density at radius 1 is 1.00 bits per heavy atom. The third-order valence-electron chi connectivity index (χ3n) is 3.33. The summed E-state index contributed by atoms with van der Waals surface area (Å²) in [6, 6.07) is 0. The Labute approximate surface area is 109 Å². The number of unbranched alkanes of at least 4 members (excludes halogenated alkanes) is 2. The van der Waals surface area contributed by atoms with Crippen molar-refractivity contribution in [3.63, 3.8) is 0 Å². The van der Waals surface area contributed by atoms with Crippen LogP contribution in [0.25, 0.3) is 0 Å². The molecular weight excluding hydrogens is 228 g/mol. The lowest BCUT2D eigenvalue weighted by atomic mass is 9.99. The van der Waals surface area contributed by atoms with E-state index in [-0.39, 0.29) is 5.92 Å². The molecule has 0 saturated carbocycles. The highest BCUT2D eigenvalue weighted by molar-refractivity contribution is 6.00. The number of rotatable bonds is 6. The van der Waals surface area contributed by atoms with E-state index < -0.39 is 0 Å². The predicted octanol–water partition coefficient (Wildman–Crippen LogP) is 2.82. The molecule has 0 aromatic rings. The van der Waals surface area contributed by atoms with E-state index in [0.29, 0.717) is 0 Å². The zero-order valence-corrected chi connectivity index (χ0v) is 11.4. The average Bonchev–Trinajstić information content (AvgIpc) is 2.46. The predicted molar refractivity (Wildman–Crippen MR) is 73.4 cm³/mol. The van der Waals surface area contributed by atoms with Gasteiger partial charge < -0.3 is 9.47 Å². The van der Waals surface area contributed by atoms with Crippen LogP contribution >= 0.6 is 0 Å². The zero-order chi connectivity index (χ0) is 12.6. The molecule has 0 amide bonds. The lowest BCUT2D eigenvalue weighted by Crippen LogP contribution is -2.32. The molecule has 0 atom stereocenters. The molecule has 0 saturated heterocycles. The van der Waals surface area contributed by atoms with Crippen molar-refractivity contribution in [3.8, 4) is 0 Å². The van der Waals surface area contributed by atoms with Gasteiger partial charge in [0.15, 0.2) is 11.8 Å². The maximum absolute atomic E-state index is 5.71. The molecule has 2 aliphatic heterocycles. The summed E-state index contributed by atoms with van der Waals surface area (Å²) in [5, 5.41) is 0. The summed E-state index contributed by atoms with van der Waals surface area (Å²) >= 11 is 0. The highest BCUT2D eigenvalue weighted by Crippen LogP contribution is 2.19. The van der Waals surface area contributed by atoms with E-state index in [2.05, 4.69) is 16.9 Å². The number of aliphatic imine (C=N–C) groups is 2. The minimum absolute atomic E-state index is 0.164. The van der Waals surface area contributed by atoms with Gasteiger partial charge in [-0.3, -0.25) is 9.98 Å². The van der Waals surface area contributed by atoms with Crippen molar-refractivity contribution >= 4 is 11.8 Å². The number of nitrogens with zero attached hydrogens (tertiary/aromatic N) is 2. The van der Waals surface area contributed by atoms with Crippen LogP contribution in [0.5, 0.6) is 0 Å². The molecule has 2 heterocycles. The van der Waals surface area contributed by atoms with Gasteiger partial charge in [0.05, 0.1) is 13.2 Å². The molecule has 18 heavy (non-hydrogen) atoms. The molecule has 0 spiro atoms. The highest BCUT2D eigenvalue weighted by atomic mass is 16.5. The van der Waals surface area contributed by atoms with Crippen LogP contribution in [0.15, 0.2) is 9.98 Å². The lowest BCUT2D eigenvalue weighted by Gasteiger charge is -2.25. The van der Waals surface area contributed by atoms with E-state index in [4.69, 9.17) is 9.47 Å². The van der Waals surface area contributed by atoms with E-state index in [1.165, 1.54) is 19.3 Å². The van der Waals surface area contributed by atoms with Crippen molar-refractivity contribution in [1.29, 1.82) is 0 Å². The van der Waals surface area contributed by atoms with Gasteiger partial charge in [0, 0.05) is 25.9 Å². The molecule has 0 aromatic heterocycles. The second-order valence-electron chi connectivity index (χ2n) is 4.89. The summed E-state index contributed by atoms with van der Waals surface area (Å²) in [5.74, 6) is 1.88. The van der Waals surface area contributed by atoms with Crippen LogP contribution in [-0.4, -0.2) is 38.1 Å². The Hall–Kier alpha value is -1.06. The van der Waals surface area contributed by atoms with E-state index in [0.717, 1.165) is 57.4 Å². The Bertz CT molecular complexity index is 287. The monoisotopic (exact) mass is 252 g/mol. The van der Waals surface area contributed by atoms with Gasteiger partial charge in [-0.1, -0.05) is 26.2 Å². The second kappa shape index (κ2) is 7.39. The SMILES string of the molecule is CCCCCC(C1=NCCCO1)C1=NCCCO1. The molecule has 4 nitrogen and oxygen atoms in total. The van der Waals surface area contributed by atoms with Crippen molar-refractivity contribution in [2.45, 2.75) is 45.4 Å². The summed E-state index contributed by atoms with van der Waals surface area (Å²) in [4.78, 5) is 9.03. The Kier molecular flexibility index (Phi) is 5.49. The van der Waals surface area contributed by atoms with Crippen LogP contribution in [0.4, 0.5) is 0 Å². The standard InChI is InChI=1S/C14H24N2O2/c1-2-3-4-7-12(13-15-8-5-10-17-13)14-16-9-6-11-18-14/h12H,2-11H2,1H3. The molecule has 0 aliphatic carbocycles. The van der Waals surface area contributed by atoms with Gasteiger partial charge in [0.2, 0.25) is 0 Å². The van der Waals surface area contributed by atoms with Gasteiger partial charge in [-0.05, 0) is 6.42 Å². The first kappa shape index (κ1) is 13.4. The van der Waals surface area contributed by atoms with Gasteiger partial charge in [0.25, 0.3) is 0 Å². The smallest absolute Gasteiger partial charge is 0.195 e. The highest BCUT2D eigenvalue weighted by Gasteiger charge is 2.27. The molecule has 0 N–H and O–H groups in total. The summed E-state index contributed by atoms with van der Waals surface area (Å²) in [6.45, 7) is 5.56. The first-order valence-electron chi connectivity index (χ1n) is 7.26. The maximum Gasteiger partial charge on any atom is 0.195 e. The minimum Gasteiger partial charge on any atom is -0.480 e. The fraction of sp³-hybridized carbons (Fsp3) is 0.857. The van der Waals surface area contributed by atoms with Crippen LogP contribution in [0.1, 0.15) is 45.4 Å². The molecule has 0 bridgehead atoms.